The molecular weight excluding hydrogens is 162 g/mol. The number of aliphatic hydroxyl groups excluding tert-OH is 1. The number of hydrogen-bond donors (Lipinski definition) is 2. The topological polar surface area (TPSA) is 32.3 Å². The van der Waals surface area contributed by atoms with Crippen molar-refractivity contribution >= 4 is 0 Å². The van der Waals surface area contributed by atoms with Gasteiger partial charge in [0.25, 0.3) is 0 Å². The van der Waals surface area contributed by atoms with E-state index in [0.29, 0.717) is 12.5 Å². The van der Waals surface area contributed by atoms with E-state index in [1.54, 1.807) is 0 Å². The molecule has 0 aromatic rings. The molecule has 0 saturated heterocycles. The molecule has 0 aliphatic rings. The van der Waals surface area contributed by atoms with E-state index >= 15 is 0 Å². The van der Waals surface area contributed by atoms with Crippen molar-refractivity contribution < 1.29 is 5.11 Å². The minimum absolute atomic E-state index is 0.204. The Morgan fingerprint density at radius 1 is 1.46 bits per heavy atom. The van der Waals surface area contributed by atoms with Gasteiger partial charge in [0.2, 0.25) is 0 Å². The molecule has 0 aliphatic carbocycles. The minimum atomic E-state index is -0.204. The summed E-state index contributed by atoms with van der Waals surface area (Å²) in [4.78, 5) is 0. The van der Waals surface area contributed by atoms with E-state index < -0.39 is 0 Å². The fourth-order valence-electron chi connectivity index (χ4n) is 1.20. The van der Waals surface area contributed by atoms with Crippen molar-refractivity contribution in [3.05, 3.63) is 12.2 Å². The lowest BCUT2D eigenvalue weighted by molar-refractivity contribution is 0.147. The van der Waals surface area contributed by atoms with Gasteiger partial charge in [0.15, 0.2) is 0 Å². The Kier molecular flexibility index (Phi) is 6.92. The fourth-order valence-corrected chi connectivity index (χ4v) is 1.20. The van der Waals surface area contributed by atoms with Gasteiger partial charge < -0.3 is 10.4 Å². The number of aliphatic hydroxyl groups is 1. The van der Waals surface area contributed by atoms with Crippen molar-refractivity contribution in [3.63, 3.8) is 0 Å². The molecule has 0 rings (SSSR count). The fraction of sp³-hybridized carbons (Fsp3) is 0.818. The monoisotopic (exact) mass is 185 g/mol. The van der Waals surface area contributed by atoms with Crippen LogP contribution in [0.25, 0.3) is 0 Å². The van der Waals surface area contributed by atoms with Crippen LogP contribution in [0.15, 0.2) is 12.2 Å². The van der Waals surface area contributed by atoms with Crippen LogP contribution in [0.5, 0.6) is 0 Å². The second-order valence-corrected chi connectivity index (χ2v) is 4.19. The van der Waals surface area contributed by atoms with E-state index in [0.717, 1.165) is 19.4 Å². The van der Waals surface area contributed by atoms with Gasteiger partial charge >= 0.3 is 0 Å². The van der Waals surface area contributed by atoms with Gasteiger partial charge in [-0.2, -0.15) is 0 Å². The molecule has 2 heteroatoms. The summed E-state index contributed by atoms with van der Waals surface area (Å²) in [7, 11) is 0. The van der Waals surface area contributed by atoms with Crippen molar-refractivity contribution in [2.45, 2.75) is 39.7 Å². The molecule has 0 aromatic carbocycles. The maximum atomic E-state index is 9.50. The SMILES string of the molecule is C=C(C)CCNCC(O)CC(C)C. The molecule has 78 valence electrons. The maximum Gasteiger partial charge on any atom is 0.0667 e. The summed E-state index contributed by atoms with van der Waals surface area (Å²) >= 11 is 0. The Labute approximate surface area is 82.0 Å². The zero-order chi connectivity index (χ0) is 10.3. The molecule has 13 heavy (non-hydrogen) atoms. The summed E-state index contributed by atoms with van der Waals surface area (Å²) in [5, 5.41) is 12.7. The third kappa shape index (κ3) is 9.57. The van der Waals surface area contributed by atoms with Gasteiger partial charge in [-0.15, -0.1) is 6.58 Å². The van der Waals surface area contributed by atoms with Gasteiger partial charge in [-0.1, -0.05) is 19.4 Å². The molecular formula is C11H23NO. The van der Waals surface area contributed by atoms with Crippen molar-refractivity contribution in [2.24, 2.45) is 5.92 Å². The quantitative estimate of drug-likeness (QED) is 0.469. The lowest BCUT2D eigenvalue weighted by atomic mass is 10.1. The van der Waals surface area contributed by atoms with Gasteiger partial charge in [0, 0.05) is 6.54 Å². The Balaban J connectivity index is 3.26. The average Bonchev–Trinajstić information content (AvgIpc) is 1.96. The predicted octanol–water partition coefficient (Wildman–Crippen LogP) is 1.95. The molecule has 0 fully saturated rings. The Morgan fingerprint density at radius 3 is 2.54 bits per heavy atom. The highest BCUT2D eigenvalue weighted by atomic mass is 16.3. The van der Waals surface area contributed by atoms with E-state index in [4.69, 9.17) is 0 Å². The molecule has 0 spiro atoms. The lowest BCUT2D eigenvalue weighted by Gasteiger charge is -2.13. The molecule has 0 aliphatic heterocycles. The van der Waals surface area contributed by atoms with E-state index in [1.165, 1.54) is 5.57 Å². The van der Waals surface area contributed by atoms with Crippen LogP contribution in [0.1, 0.15) is 33.6 Å². The molecule has 1 unspecified atom stereocenters. The van der Waals surface area contributed by atoms with Crippen molar-refractivity contribution in [2.75, 3.05) is 13.1 Å². The Morgan fingerprint density at radius 2 is 2.08 bits per heavy atom. The standard InChI is InChI=1S/C11H23NO/c1-9(2)5-6-12-8-11(13)7-10(3)4/h10-13H,1,5-8H2,2-4H3. The van der Waals surface area contributed by atoms with E-state index in [-0.39, 0.29) is 6.10 Å². The van der Waals surface area contributed by atoms with Crippen LogP contribution in [-0.4, -0.2) is 24.3 Å². The molecule has 0 radical (unpaired) electrons. The first-order valence-electron chi connectivity index (χ1n) is 5.05. The molecule has 2 nitrogen and oxygen atoms in total. The first-order chi connectivity index (χ1) is 6.02. The molecule has 0 aromatic heterocycles. The Bertz CT molecular complexity index is 143. The molecule has 0 saturated carbocycles. The van der Waals surface area contributed by atoms with Crippen molar-refractivity contribution in [1.82, 2.24) is 5.32 Å². The van der Waals surface area contributed by atoms with Gasteiger partial charge in [0.05, 0.1) is 6.10 Å². The minimum Gasteiger partial charge on any atom is -0.392 e. The second kappa shape index (κ2) is 7.10. The molecule has 0 bridgehead atoms. The summed E-state index contributed by atoms with van der Waals surface area (Å²) in [5.74, 6) is 0.568. The summed E-state index contributed by atoms with van der Waals surface area (Å²) < 4.78 is 0. The third-order valence-corrected chi connectivity index (χ3v) is 1.85. The number of nitrogens with one attached hydrogen (secondary N) is 1. The van der Waals surface area contributed by atoms with Crippen LogP contribution in [0, 0.1) is 5.92 Å². The van der Waals surface area contributed by atoms with Crippen LogP contribution in [0.3, 0.4) is 0 Å². The van der Waals surface area contributed by atoms with Crippen LogP contribution >= 0.6 is 0 Å². The number of rotatable bonds is 7. The second-order valence-electron chi connectivity index (χ2n) is 4.19. The van der Waals surface area contributed by atoms with Crippen LogP contribution < -0.4 is 5.32 Å². The number of hydrogen-bond acceptors (Lipinski definition) is 2. The first kappa shape index (κ1) is 12.7. The average molecular weight is 185 g/mol. The van der Waals surface area contributed by atoms with E-state index in [2.05, 4.69) is 25.7 Å². The largest absolute Gasteiger partial charge is 0.392 e. The predicted molar refractivity (Wildman–Crippen MR) is 57.8 cm³/mol. The Hall–Kier alpha value is -0.340. The summed E-state index contributed by atoms with van der Waals surface area (Å²) in [6, 6.07) is 0. The summed E-state index contributed by atoms with van der Waals surface area (Å²) in [5.41, 5.74) is 1.19. The highest BCUT2D eigenvalue weighted by Crippen LogP contribution is 2.03. The van der Waals surface area contributed by atoms with Crippen LogP contribution in [0.4, 0.5) is 0 Å². The highest BCUT2D eigenvalue weighted by Gasteiger charge is 2.05. The molecule has 0 amide bonds. The normalized spacial score (nSPS) is 13.3. The molecule has 2 N–H and O–H groups in total. The zero-order valence-electron chi connectivity index (χ0n) is 9.14. The van der Waals surface area contributed by atoms with Gasteiger partial charge in [-0.25, -0.2) is 0 Å². The van der Waals surface area contributed by atoms with E-state index in [9.17, 15) is 5.11 Å². The van der Waals surface area contributed by atoms with Gasteiger partial charge in [-0.3, -0.25) is 0 Å². The third-order valence-electron chi connectivity index (χ3n) is 1.85. The van der Waals surface area contributed by atoms with Crippen LogP contribution in [-0.2, 0) is 0 Å². The van der Waals surface area contributed by atoms with Gasteiger partial charge in [0.1, 0.15) is 0 Å². The van der Waals surface area contributed by atoms with Gasteiger partial charge in [-0.05, 0) is 32.2 Å². The van der Waals surface area contributed by atoms with Crippen molar-refractivity contribution in [1.29, 1.82) is 0 Å². The van der Waals surface area contributed by atoms with Crippen molar-refractivity contribution in [3.8, 4) is 0 Å². The summed E-state index contributed by atoms with van der Waals surface area (Å²) in [6.07, 6.45) is 1.67. The lowest BCUT2D eigenvalue weighted by Crippen LogP contribution is -2.28. The molecule has 1 atom stereocenters. The molecule has 0 heterocycles. The van der Waals surface area contributed by atoms with Crippen LogP contribution in [0.2, 0.25) is 0 Å². The smallest absolute Gasteiger partial charge is 0.0667 e. The maximum absolute atomic E-state index is 9.50. The highest BCUT2D eigenvalue weighted by molar-refractivity contribution is 4.88. The first-order valence-corrected chi connectivity index (χ1v) is 5.05. The summed E-state index contributed by atoms with van der Waals surface area (Å²) in [6.45, 7) is 11.7. The van der Waals surface area contributed by atoms with E-state index in [1.807, 2.05) is 6.92 Å². The zero-order valence-corrected chi connectivity index (χ0v) is 9.14.